The minimum absolute atomic E-state index is 0.0990. The van der Waals surface area contributed by atoms with Crippen molar-refractivity contribution in [2.75, 3.05) is 12.3 Å². The third-order valence-corrected chi connectivity index (χ3v) is 3.32. The number of esters is 1. The molecule has 2 N–H and O–H groups in total. The molecule has 3 rings (SSSR count). The first-order chi connectivity index (χ1) is 9.19. The van der Waals surface area contributed by atoms with Crippen LogP contribution < -0.4 is 5.73 Å². The molecule has 7 heteroatoms. The van der Waals surface area contributed by atoms with Crippen LogP contribution >= 0.6 is 0 Å². The number of nitrogen functional groups attached to an aromatic ring is 1. The summed E-state index contributed by atoms with van der Waals surface area (Å²) in [7, 11) is 0. The number of nitrogens with two attached hydrogens (primary N) is 1. The number of hydrogen-bond donors (Lipinski definition) is 1. The molecule has 1 saturated carbocycles. The van der Waals surface area contributed by atoms with E-state index in [2.05, 4.69) is 15.1 Å². The lowest BCUT2D eigenvalue weighted by molar-refractivity contribution is 0.0521. The first-order valence-electron chi connectivity index (χ1n) is 6.39. The number of aromatic nitrogens is 4. The van der Waals surface area contributed by atoms with E-state index >= 15 is 0 Å². The van der Waals surface area contributed by atoms with E-state index in [1.807, 2.05) is 0 Å². The predicted molar refractivity (Wildman–Crippen MR) is 67.7 cm³/mol. The van der Waals surface area contributed by atoms with Gasteiger partial charge in [-0.05, 0) is 19.8 Å². The normalized spacial score (nSPS) is 15.4. The SMILES string of the molecule is CCOC(=O)c1nc2nc(C3CCC3)nn2cc1N. The van der Waals surface area contributed by atoms with Crippen molar-refractivity contribution in [1.29, 1.82) is 0 Å². The Morgan fingerprint density at radius 3 is 2.95 bits per heavy atom. The van der Waals surface area contributed by atoms with Crippen LogP contribution in [-0.2, 0) is 4.74 Å². The Kier molecular flexibility index (Phi) is 2.81. The average Bonchev–Trinajstić information content (AvgIpc) is 2.67. The van der Waals surface area contributed by atoms with Crippen LogP contribution in [0.3, 0.4) is 0 Å². The summed E-state index contributed by atoms with van der Waals surface area (Å²) in [6, 6.07) is 0. The Labute approximate surface area is 109 Å². The van der Waals surface area contributed by atoms with Crippen LogP contribution in [0.25, 0.3) is 5.78 Å². The van der Waals surface area contributed by atoms with Crippen molar-refractivity contribution in [2.24, 2.45) is 0 Å². The number of carbonyl (C=O) groups is 1. The van der Waals surface area contributed by atoms with Gasteiger partial charge in [0.25, 0.3) is 5.78 Å². The minimum atomic E-state index is -0.532. The maximum Gasteiger partial charge on any atom is 0.359 e. The van der Waals surface area contributed by atoms with E-state index in [1.54, 1.807) is 13.1 Å². The fraction of sp³-hybridized carbons (Fsp3) is 0.500. The van der Waals surface area contributed by atoms with E-state index in [-0.39, 0.29) is 18.0 Å². The highest BCUT2D eigenvalue weighted by Gasteiger charge is 2.25. The summed E-state index contributed by atoms with van der Waals surface area (Å²) in [5, 5.41) is 4.35. The van der Waals surface area contributed by atoms with Gasteiger partial charge in [0.15, 0.2) is 11.5 Å². The number of fused-ring (bicyclic) bond motifs is 1. The van der Waals surface area contributed by atoms with E-state index < -0.39 is 5.97 Å². The monoisotopic (exact) mass is 261 g/mol. The van der Waals surface area contributed by atoms with Gasteiger partial charge in [0.1, 0.15) is 0 Å². The highest BCUT2D eigenvalue weighted by Crippen LogP contribution is 2.34. The molecule has 7 nitrogen and oxygen atoms in total. The number of ether oxygens (including phenoxy) is 1. The van der Waals surface area contributed by atoms with E-state index in [0.717, 1.165) is 18.7 Å². The van der Waals surface area contributed by atoms with Crippen LogP contribution in [0, 0.1) is 0 Å². The number of carbonyl (C=O) groups excluding carboxylic acids is 1. The molecule has 2 aromatic heterocycles. The molecule has 1 fully saturated rings. The number of hydrogen-bond acceptors (Lipinski definition) is 6. The summed E-state index contributed by atoms with van der Waals surface area (Å²) >= 11 is 0. The van der Waals surface area contributed by atoms with Gasteiger partial charge in [0.2, 0.25) is 0 Å². The molecule has 100 valence electrons. The van der Waals surface area contributed by atoms with E-state index in [1.165, 1.54) is 10.9 Å². The minimum Gasteiger partial charge on any atom is -0.461 e. The maximum atomic E-state index is 11.7. The van der Waals surface area contributed by atoms with Crippen LogP contribution in [0.4, 0.5) is 5.69 Å². The molecule has 0 atom stereocenters. The summed E-state index contributed by atoms with van der Waals surface area (Å²) in [5.74, 6) is 1.04. The highest BCUT2D eigenvalue weighted by molar-refractivity contribution is 5.93. The Bertz CT molecular complexity index is 632. The lowest BCUT2D eigenvalue weighted by Gasteiger charge is -2.21. The number of nitrogens with zero attached hydrogens (tertiary/aromatic N) is 4. The fourth-order valence-electron chi connectivity index (χ4n) is 2.05. The largest absolute Gasteiger partial charge is 0.461 e. The van der Waals surface area contributed by atoms with Gasteiger partial charge in [-0.25, -0.2) is 14.3 Å². The molecule has 0 aliphatic heterocycles. The standard InChI is InChI=1S/C12H15N5O2/c1-2-19-11(18)9-8(13)6-17-12(14-9)15-10(16-17)7-4-3-5-7/h6-7H,2-5,13H2,1H3. The Balaban J connectivity index is 2.01. The molecule has 0 bridgehead atoms. The molecule has 19 heavy (non-hydrogen) atoms. The Morgan fingerprint density at radius 1 is 1.53 bits per heavy atom. The van der Waals surface area contributed by atoms with Crippen LogP contribution in [0.15, 0.2) is 6.20 Å². The van der Waals surface area contributed by atoms with Gasteiger partial charge >= 0.3 is 5.97 Å². The molecule has 0 amide bonds. The topological polar surface area (TPSA) is 95.4 Å². The molecule has 2 heterocycles. The van der Waals surface area contributed by atoms with E-state index in [0.29, 0.717) is 11.7 Å². The third-order valence-electron chi connectivity index (χ3n) is 3.32. The molecule has 1 aliphatic rings. The van der Waals surface area contributed by atoms with Gasteiger partial charge in [0, 0.05) is 5.92 Å². The van der Waals surface area contributed by atoms with Crippen molar-refractivity contribution in [1.82, 2.24) is 19.6 Å². The summed E-state index contributed by atoms with van der Waals surface area (Å²) in [5.41, 5.74) is 6.14. The van der Waals surface area contributed by atoms with Crippen molar-refractivity contribution in [3.63, 3.8) is 0 Å². The Morgan fingerprint density at radius 2 is 2.32 bits per heavy atom. The number of anilines is 1. The fourth-order valence-corrected chi connectivity index (χ4v) is 2.05. The molecule has 1 aliphatic carbocycles. The summed E-state index contributed by atoms with van der Waals surface area (Å²) < 4.78 is 6.42. The van der Waals surface area contributed by atoms with Gasteiger partial charge < -0.3 is 10.5 Å². The zero-order valence-electron chi connectivity index (χ0n) is 10.7. The van der Waals surface area contributed by atoms with Crippen molar-refractivity contribution in [3.05, 3.63) is 17.7 Å². The Hall–Kier alpha value is -2.18. The van der Waals surface area contributed by atoms with Gasteiger partial charge in [-0.2, -0.15) is 4.98 Å². The predicted octanol–water partition coefficient (Wildman–Crippen LogP) is 1.15. The molecular weight excluding hydrogens is 246 g/mol. The highest BCUT2D eigenvalue weighted by atomic mass is 16.5. The second-order valence-electron chi connectivity index (χ2n) is 4.61. The van der Waals surface area contributed by atoms with Crippen LogP contribution in [0.2, 0.25) is 0 Å². The summed E-state index contributed by atoms with van der Waals surface area (Å²) in [6.07, 6.45) is 4.99. The molecular formula is C12H15N5O2. The van der Waals surface area contributed by atoms with Crippen LogP contribution in [0.1, 0.15) is 48.4 Å². The smallest absolute Gasteiger partial charge is 0.359 e. The maximum absolute atomic E-state index is 11.7. The molecule has 0 radical (unpaired) electrons. The van der Waals surface area contributed by atoms with Gasteiger partial charge in [-0.15, -0.1) is 5.10 Å². The van der Waals surface area contributed by atoms with Crippen molar-refractivity contribution >= 4 is 17.4 Å². The van der Waals surface area contributed by atoms with Crippen molar-refractivity contribution in [2.45, 2.75) is 32.1 Å². The van der Waals surface area contributed by atoms with Crippen LogP contribution in [0.5, 0.6) is 0 Å². The second-order valence-corrected chi connectivity index (χ2v) is 4.61. The quantitative estimate of drug-likeness (QED) is 0.833. The van der Waals surface area contributed by atoms with Gasteiger partial charge in [-0.1, -0.05) is 6.42 Å². The molecule has 0 aromatic carbocycles. The van der Waals surface area contributed by atoms with Gasteiger partial charge in [-0.3, -0.25) is 0 Å². The summed E-state index contributed by atoms with van der Waals surface area (Å²) in [4.78, 5) is 20.2. The summed E-state index contributed by atoms with van der Waals surface area (Å²) in [6.45, 7) is 2.02. The zero-order chi connectivity index (χ0) is 13.4. The zero-order valence-corrected chi connectivity index (χ0v) is 10.7. The van der Waals surface area contributed by atoms with Crippen LogP contribution in [-0.4, -0.2) is 32.2 Å². The lowest BCUT2D eigenvalue weighted by Crippen LogP contribution is -2.12. The van der Waals surface area contributed by atoms with E-state index in [4.69, 9.17) is 10.5 Å². The first-order valence-corrected chi connectivity index (χ1v) is 6.39. The van der Waals surface area contributed by atoms with Gasteiger partial charge in [0.05, 0.1) is 18.5 Å². The molecule has 0 saturated heterocycles. The lowest BCUT2D eigenvalue weighted by atomic mass is 9.85. The third kappa shape index (κ3) is 2.00. The van der Waals surface area contributed by atoms with Crippen molar-refractivity contribution in [3.8, 4) is 0 Å². The second kappa shape index (κ2) is 4.49. The first kappa shape index (κ1) is 11.9. The number of rotatable bonds is 3. The van der Waals surface area contributed by atoms with Crippen molar-refractivity contribution < 1.29 is 9.53 Å². The van der Waals surface area contributed by atoms with E-state index in [9.17, 15) is 4.79 Å². The average molecular weight is 261 g/mol. The molecule has 0 spiro atoms. The molecule has 2 aromatic rings. The molecule has 0 unspecified atom stereocenters.